The van der Waals surface area contributed by atoms with Gasteiger partial charge in [-0.3, -0.25) is 9.59 Å². The van der Waals surface area contributed by atoms with Crippen LogP contribution in [0.15, 0.2) is 23.7 Å². The summed E-state index contributed by atoms with van der Waals surface area (Å²) in [6.45, 7) is 0. The van der Waals surface area contributed by atoms with Crippen LogP contribution in [0.5, 0.6) is 0 Å². The van der Waals surface area contributed by atoms with E-state index in [0.29, 0.717) is 25.0 Å². The van der Waals surface area contributed by atoms with Gasteiger partial charge in [0.1, 0.15) is 11.2 Å². The second-order valence-electron chi connectivity index (χ2n) is 4.21. The van der Waals surface area contributed by atoms with E-state index >= 15 is 0 Å². The fourth-order valence-electron chi connectivity index (χ4n) is 1.69. The van der Waals surface area contributed by atoms with Crippen molar-refractivity contribution in [3.05, 3.63) is 23.7 Å². The van der Waals surface area contributed by atoms with Gasteiger partial charge in [0, 0.05) is 12.1 Å². The summed E-state index contributed by atoms with van der Waals surface area (Å²) in [6, 6.07) is 0. The molecule has 0 spiro atoms. The lowest BCUT2D eigenvalue weighted by Crippen LogP contribution is -2.40. The van der Waals surface area contributed by atoms with Gasteiger partial charge < -0.3 is 11.1 Å². The molecular weight excluding hydrogens is 211 g/mol. The van der Waals surface area contributed by atoms with Crippen molar-refractivity contribution in [1.29, 1.82) is 0 Å². The van der Waals surface area contributed by atoms with Crippen LogP contribution < -0.4 is 11.1 Å². The fourth-order valence-corrected chi connectivity index (χ4v) is 1.69. The number of nitrogens with two attached hydrogens (primary N) is 1. The van der Waals surface area contributed by atoms with Crippen LogP contribution >= 0.6 is 0 Å². The summed E-state index contributed by atoms with van der Waals surface area (Å²) in [4.78, 5) is 22.8. The van der Waals surface area contributed by atoms with Crippen LogP contribution in [0.4, 0.5) is 4.39 Å². The topological polar surface area (TPSA) is 72.2 Å². The summed E-state index contributed by atoms with van der Waals surface area (Å²) in [7, 11) is 0. The van der Waals surface area contributed by atoms with Gasteiger partial charge in [-0.05, 0) is 31.4 Å². The number of hydrogen-bond acceptors (Lipinski definition) is 2. The molecule has 16 heavy (non-hydrogen) atoms. The molecule has 0 bridgehead atoms. The monoisotopic (exact) mass is 224 g/mol. The highest BCUT2D eigenvalue weighted by Crippen LogP contribution is 2.45. The first-order chi connectivity index (χ1) is 7.54. The average Bonchev–Trinajstić information content (AvgIpc) is 3.02. The van der Waals surface area contributed by atoms with Crippen molar-refractivity contribution < 1.29 is 14.0 Å². The lowest BCUT2D eigenvalue weighted by atomic mass is 10.0. The average molecular weight is 224 g/mol. The number of nitrogens with one attached hydrogen (secondary N) is 1. The lowest BCUT2D eigenvalue weighted by molar-refractivity contribution is -0.134. The second kappa shape index (κ2) is 3.73. The first-order valence-electron chi connectivity index (χ1n) is 5.21. The molecule has 2 amide bonds. The van der Waals surface area contributed by atoms with E-state index in [2.05, 4.69) is 5.32 Å². The van der Waals surface area contributed by atoms with E-state index in [4.69, 9.17) is 5.73 Å². The number of carbonyl (C=O) groups is 2. The zero-order valence-corrected chi connectivity index (χ0v) is 8.75. The van der Waals surface area contributed by atoms with Crippen molar-refractivity contribution >= 4 is 11.8 Å². The molecular formula is C11H13FN2O2. The van der Waals surface area contributed by atoms with E-state index in [1.807, 2.05) is 0 Å². The third-order valence-electron chi connectivity index (χ3n) is 3.03. The minimum atomic E-state index is -1.01. The zero-order valence-electron chi connectivity index (χ0n) is 8.75. The Balaban J connectivity index is 2.01. The predicted octanol–water partition coefficient (Wildman–Crippen LogP) is 0.899. The Hall–Kier alpha value is -1.65. The Morgan fingerprint density at radius 2 is 2.00 bits per heavy atom. The zero-order chi connectivity index (χ0) is 11.8. The van der Waals surface area contributed by atoms with Crippen molar-refractivity contribution in [2.75, 3.05) is 0 Å². The fraction of sp³-hybridized carbons (Fsp3) is 0.455. The summed E-state index contributed by atoms with van der Waals surface area (Å²) < 4.78 is 12.7. The van der Waals surface area contributed by atoms with E-state index in [0.717, 1.165) is 0 Å². The molecule has 1 saturated carbocycles. The molecule has 0 aliphatic heterocycles. The Morgan fingerprint density at radius 1 is 1.31 bits per heavy atom. The van der Waals surface area contributed by atoms with Crippen LogP contribution in [0.1, 0.15) is 25.7 Å². The van der Waals surface area contributed by atoms with Crippen molar-refractivity contribution in [3.8, 4) is 0 Å². The molecule has 1 fully saturated rings. The van der Waals surface area contributed by atoms with Crippen molar-refractivity contribution in [2.45, 2.75) is 25.7 Å². The molecule has 2 aliphatic carbocycles. The van der Waals surface area contributed by atoms with E-state index in [1.165, 1.54) is 12.2 Å². The number of rotatable bonds is 3. The number of amides is 2. The van der Waals surface area contributed by atoms with Gasteiger partial charge >= 0.3 is 0 Å². The molecule has 2 rings (SSSR count). The Bertz CT molecular complexity index is 408. The molecule has 3 N–H and O–H groups in total. The highest BCUT2D eigenvalue weighted by molar-refractivity contribution is 6.07. The molecule has 0 aromatic carbocycles. The Kier molecular flexibility index (Phi) is 2.53. The SMILES string of the molecule is NC(=O)C1(C(=O)NC2=CC=C(F)CC2)CC1. The maximum absolute atomic E-state index is 12.7. The molecule has 0 radical (unpaired) electrons. The molecule has 5 heteroatoms. The minimum Gasteiger partial charge on any atom is -0.369 e. The van der Waals surface area contributed by atoms with Crippen LogP contribution in [0.3, 0.4) is 0 Å². The van der Waals surface area contributed by atoms with E-state index in [1.54, 1.807) is 0 Å². The third kappa shape index (κ3) is 1.85. The summed E-state index contributed by atoms with van der Waals surface area (Å²) in [5.41, 5.74) is 4.79. The van der Waals surface area contributed by atoms with Crippen molar-refractivity contribution in [3.63, 3.8) is 0 Å². The molecule has 4 nitrogen and oxygen atoms in total. The largest absolute Gasteiger partial charge is 0.369 e. The molecule has 0 atom stereocenters. The number of allylic oxidation sites excluding steroid dienone is 4. The van der Waals surface area contributed by atoms with Crippen LogP contribution in [0.2, 0.25) is 0 Å². The molecule has 0 heterocycles. The maximum atomic E-state index is 12.7. The minimum absolute atomic E-state index is 0.200. The van der Waals surface area contributed by atoms with Gasteiger partial charge in [0.15, 0.2) is 0 Å². The number of carbonyl (C=O) groups excluding carboxylic acids is 2. The first-order valence-corrected chi connectivity index (χ1v) is 5.21. The van der Waals surface area contributed by atoms with Crippen molar-refractivity contribution in [2.24, 2.45) is 11.1 Å². The first kappa shape index (κ1) is 10.9. The van der Waals surface area contributed by atoms with E-state index in [9.17, 15) is 14.0 Å². The van der Waals surface area contributed by atoms with Gasteiger partial charge in [-0.15, -0.1) is 0 Å². The van der Waals surface area contributed by atoms with Gasteiger partial charge in [0.25, 0.3) is 0 Å². The quantitative estimate of drug-likeness (QED) is 0.699. The van der Waals surface area contributed by atoms with Gasteiger partial charge in [-0.1, -0.05) is 0 Å². The van der Waals surface area contributed by atoms with E-state index in [-0.39, 0.29) is 18.2 Å². The van der Waals surface area contributed by atoms with E-state index < -0.39 is 11.3 Å². The Morgan fingerprint density at radius 3 is 2.44 bits per heavy atom. The normalized spacial score (nSPS) is 21.8. The molecule has 0 saturated heterocycles. The molecule has 0 aromatic rings. The number of hydrogen-bond donors (Lipinski definition) is 2. The third-order valence-corrected chi connectivity index (χ3v) is 3.03. The number of primary amides is 1. The van der Waals surface area contributed by atoms with Gasteiger partial charge in [0.2, 0.25) is 11.8 Å². The highest BCUT2D eigenvalue weighted by Gasteiger charge is 2.55. The molecule has 86 valence electrons. The van der Waals surface area contributed by atoms with Crippen LogP contribution in [0, 0.1) is 5.41 Å². The summed E-state index contributed by atoms with van der Waals surface area (Å²) in [6.07, 6.45) is 4.59. The second-order valence-corrected chi connectivity index (χ2v) is 4.21. The lowest BCUT2D eigenvalue weighted by Gasteiger charge is -2.15. The van der Waals surface area contributed by atoms with Gasteiger partial charge in [0.05, 0.1) is 0 Å². The Labute approximate surface area is 92.4 Å². The summed E-state index contributed by atoms with van der Waals surface area (Å²) in [5.74, 6) is -1.14. The number of halogens is 1. The predicted molar refractivity (Wildman–Crippen MR) is 55.5 cm³/mol. The standard InChI is InChI=1S/C11H13FN2O2/c12-7-1-3-8(4-2-7)14-10(16)11(5-6-11)9(13)15/h1,3H,2,4-6H2,(H2,13,15)(H,14,16). The summed E-state index contributed by atoms with van der Waals surface area (Å²) >= 11 is 0. The van der Waals surface area contributed by atoms with Crippen LogP contribution in [-0.4, -0.2) is 11.8 Å². The highest BCUT2D eigenvalue weighted by atomic mass is 19.1. The van der Waals surface area contributed by atoms with Gasteiger partial charge in [-0.25, -0.2) is 4.39 Å². The maximum Gasteiger partial charge on any atom is 0.239 e. The van der Waals surface area contributed by atoms with Crippen LogP contribution in [0.25, 0.3) is 0 Å². The molecule has 0 aromatic heterocycles. The van der Waals surface area contributed by atoms with Gasteiger partial charge in [-0.2, -0.15) is 0 Å². The molecule has 0 unspecified atom stereocenters. The van der Waals surface area contributed by atoms with Crippen LogP contribution in [-0.2, 0) is 9.59 Å². The summed E-state index contributed by atoms with van der Waals surface area (Å²) in [5, 5.41) is 2.63. The smallest absolute Gasteiger partial charge is 0.239 e. The van der Waals surface area contributed by atoms with Crippen molar-refractivity contribution in [1.82, 2.24) is 5.32 Å². The molecule has 2 aliphatic rings.